The number of hydrogen-bond acceptors (Lipinski definition) is 3. The molecule has 0 saturated heterocycles. The van der Waals surface area contributed by atoms with Crippen molar-refractivity contribution in [3.63, 3.8) is 0 Å². The molecular formula is C12H9NO4. The Kier molecular flexibility index (Phi) is 2.44. The summed E-state index contributed by atoms with van der Waals surface area (Å²) in [7, 11) is 0. The van der Waals surface area contributed by atoms with Gasteiger partial charge in [0.15, 0.2) is 5.56 Å². The number of aromatic hydroxyl groups is 1. The van der Waals surface area contributed by atoms with E-state index in [9.17, 15) is 14.7 Å². The lowest BCUT2D eigenvalue weighted by Gasteiger charge is -2.09. The van der Waals surface area contributed by atoms with Crippen molar-refractivity contribution in [3.05, 3.63) is 46.8 Å². The number of aromatic nitrogens is 1. The smallest absolute Gasteiger partial charge is 0.345 e. The zero-order valence-corrected chi connectivity index (χ0v) is 8.75. The lowest BCUT2D eigenvalue weighted by atomic mass is 10.1. The molecule has 5 heteroatoms. The summed E-state index contributed by atoms with van der Waals surface area (Å²) in [5.74, 6) is -1.98. The first-order valence-corrected chi connectivity index (χ1v) is 4.80. The third-order valence-corrected chi connectivity index (χ3v) is 2.48. The van der Waals surface area contributed by atoms with E-state index in [1.165, 1.54) is 12.3 Å². The van der Waals surface area contributed by atoms with Crippen molar-refractivity contribution < 1.29 is 15.0 Å². The molecule has 0 unspecified atom stereocenters. The third-order valence-electron chi connectivity index (χ3n) is 2.48. The second-order valence-electron chi connectivity index (χ2n) is 3.40. The number of carboxylic acids is 1. The fourth-order valence-electron chi connectivity index (χ4n) is 1.72. The second kappa shape index (κ2) is 3.79. The minimum Gasteiger partial charge on any atom is -0.506 e. The van der Waals surface area contributed by atoms with Crippen molar-refractivity contribution in [1.29, 1.82) is 0 Å². The number of carboxylic acid groups (broad SMARTS) is 1. The number of aromatic carboxylic acids is 1. The number of para-hydroxylation sites is 1. The topological polar surface area (TPSA) is 79.5 Å². The Labute approximate surface area is 95.9 Å². The van der Waals surface area contributed by atoms with Crippen LogP contribution in [0.2, 0.25) is 0 Å². The van der Waals surface area contributed by atoms with E-state index in [4.69, 9.17) is 5.11 Å². The Morgan fingerprint density at radius 2 is 2.00 bits per heavy atom. The molecule has 5 nitrogen and oxygen atoms in total. The molecule has 2 aromatic rings. The van der Waals surface area contributed by atoms with Crippen LogP contribution in [0.5, 0.6) is 5.75 Å². The highest BCUT2D eigenvalue weighted by Gasteiger charge is 2.20. The highest BCUT2D eigenvalue weighted by atomic mass is 16.4. The highest BCUT2D eigenvalue weighted by Crippen LogP contribution is 2.25. The Balaban J connectivity index is 3.10. The van der Waals surface area contributed by atoms with E-state index in [0.29, 0.717) is 10.9 Å². The van der Waals surface area contributed by atoms with Crippen LogP contribution in [0.15, 0.2) is 35.6 Å². The van der Waals surface area contributed by atoms with Gasteiger partial charge in [0.05, 0.1) is 5.52 Å². The summed E-state index contributed by atoms with van der Waals surface area (Å²) >= 11 is 0. The molecule has 0 amide bonds. The molecule has 2 rings (SSSR count). The number of fused-ring (bicyclic) bond motifs is 1. The summed E-state index contributed by atoms with van der Waals surface area (Å²) in [5, 5.41) is 19.0. The highest BCUT2D eigenvalue weighted by molar-refractivity contribution is 5.99. The summed E-state index contributed by atoms with van der Waals surface area (Å²) in [5.41, 5.74) is -1.04. The molecule has 2 N–H and O–H groups in total. The lowest BCUT2D eigenvalue weighted by Crippen LogP contribution is -2.23. The van der Waals surface area contributed by atoms with Gasteiger partial charge in [-0.05, 0) is 12.1 Å². The van der Waals surface area contributed by atoms with Crippen LogP contribution in [0.4, 0.5) is 0 Å². The van der Waals surface area contributed by atoms with Crippen LogP contribution in [-0.4, -0.2) is 20.7 Å². The molecule has 0 atom stereocenters. The molecule has 86 valence electrons. The Hall–Kier alpha value is -2.56. The number of hydrogen-bond donors (Lipinski definition) is 2. The molecule has 0 radical (unpaired) electrons. The normalized spacial score (nSPS) is 10.4. The zero-order chi connectivity index (χ0) is 12.6. The van der Waals surface area contributed by atoms with Crippen LogP contribution in [0.3, 0.4) is 0 Å². The fourth-order valence-corrected chi connectivity index (χ4v) is 1.72. The minimum absolute atomic E-state index is 0.296. The molecule has 0 spiro atoms. The van der Waals surface area contributed by atoms with Crippen LogP contribution >= 0.6 is 0 Å². The first-order chi connectivity index (χ1) is 8.07. The van der Waals surface area contributed by atoms with E-state index >= 15 is 0 Å². The zero-order valence-electron chi connectivity index (χ0n) is 8.75. The number of pyridine rings is 1. The van der Waals surface area contributed by atoms with E-state index in [1.54, 1.807) is 18.2 Å². The Morgan fingerprint density at radius 3 is 2.59 bits per heavy atom. The average Bonchev–Trinajstić information content (AvgIpc) is 2.29. The van der Waals surface area contributed by atoms with Gasteiger partial charge in [-0.25, -0.2) is 4.79 Å². The quantitative estimate of drug-likeness (QED) is 0.820. The monoisotopic (exact) mass is 231 g/mol. The standard InChI is InChI=1S/C12H9NO4/c1-2-13-8-6-4-3-5-7(8)10(14)9(11(13)15)12(16)17/h2-6,14H,1H2,(H,16,17). The van der Waals surface area contributed by atoms with Crippen molar-refractivity contribution in [2.45, 2.75) is 0 Å². The summed E-state index contributed by atoms with van der Waals surface area (Å²) in [6.07, 6.45) is 1.22. The van der Waals surface area contributed by atoms with Crippen molar-refractivity contribution in [2.75, 3.05) is 0 Å². The summed E-state index contributed by atoms with van der Waals surface area (Å²) in [4.78, 5) is 22.8. The van der Waals surface area contributed by atoms with E-state index < -0.39 is 22.8 Å². The van der Waals surface area contributed by atoms with Crippen LogP contribution < -0.4 is 5.56 Å². The van der Waals surface area contributed by atoms with Crippen molar-refractivity contribution in [1.82, 2.24) is 4.57 Å². The average molecular weight is 231 g/mol. The molecule has 0 bridgehead atoms. The van der Waals surface area contributed by atoms with Gasteiger partial charge in [0, 0.05) is 11.6 Å². The number of rotatable bonds is 2. The van der Waals surface area contributed by atoms with E-state index in [0.717, 1.165) is 4.57 Å². The maximum absolute atomic E-state index is 11.8. The molecule has 0 aliphatic rings. The van der Waals surface area contributed by atoms with E-state index in [2.05, 4.69) is 6.58 Å². The van der Waals surface area contributed by atoms with Crippen molar-refractivity contribution in [3.8, 4) is 5.75 Å². The van der Waals surface area contributed by atoms with Crippen molar-refractivity contribution in [2.24, 2.45) is 0 Å². The minimum atomic E-state index is -1.46. The molecular weight excluding hydrogens is 222 g/mol. The molecule has 1 aromatic heterocycles. The first kappa shape index (κ1) is 10.9. The van der Waals surface area contributed by atoms with Gasteiger partial charge in [-0.3, -0.25) is 9.36 Å². The molecule has 0 saturated carbocycles. The first-order valence-electron chi connectivity index (χ1n) is 4.80. The lowest BCUT2D eigenvalue weighted by molar-refractivity contribution is 0.0692. The van der Waals surface area contributed by atoms with Gasteiger partial charge >= 0.3 is 5.97 Å². The Morgan fingerprint density at radius 1 is 1.35 bits per heavy atom. The predicted molar refractivity (Wildman–Crippen MR) is 63.2 cm³/mol. The van der Waals surface area contributed by atoms with Crippen LogP contribution in [0.1, 0.15) is 10.4 Å². The SMILES string of the molecule is C=Cn1c(=O)c(C(=O)O)c(O)c2ccccc21. The van der Waals surface area contributed by atoms with Gasteiger partial charge in [-0.2, -0.15) is 0 Å². The van der Waals surface area contributed by atoms with Gasteiger partial charge in [0.1, 0.15) is 5.75 Å². The van der Waals surface area contributed by atoms with Crippen LogP contribution in [-0.2, 0) is 0 Å². The molecule has 0 aliphatic heterocycles. The van der Waals surface area contributed by atoms with Gasteiger partial charge in [-0.1, -0.05) is 18.7 Å². The molecule has 1 aromatic carbocycles. The van der Waals surface area contributed by atoms with E-state index in [1.807, 2.05) is 0 Å². The summed E-state index contributed by atoms with van der Waals surface area (Å²) in [6.45, 7) is 3.46. The number of benzene rings is 1. The largest absolute Gasteiger partial charge is 0.506 e. The van der Waals surface area contributed by atoms with Crippen LogP contribution in [0, 0.1) is 0 Å². The summed E-state index contributed by atoms with van der Waals surface area (Å²) in [6, 6.07) is 6.47. The number of nitrogens with zero attached hydrogens (tertiary/aromatic N) is 1. The van der Waals surface area contributed by atoms with Crippen molar-refractivity contribution >= 4 is 23.1 Å². The van der Waals surface area contributed by atoms with Crippen LogP contribution in [0.25, 0.3) is 17.1 Å². The molecule has 17 heavy (non-hydrogen) atoms. The maximum atomic E-state index is 11.8. The third kappa shape index (κ3) is 1.48. The molecule has 0 aliphatic carbocycles. The molecule has 0 fully saturated rings. The van der Waals surface area contributed by atoms with Gasteiger partial charge < -0.3 is 10.2 Å². The van der Waals surface area contributed by atoms with Gasteiger partial charge in [0.2, 0.25) is 0 Å². The molecule has 1 heterocycles. The second-order valence-corrected chi connectivity index (χ2v) is 3.40. The number of carbonyl (C=O) groups is 1. The summed E-state index contributed by atoms with van der Waals surface area (Å²) < 4.78 is 1.10. The van der Waals surface area contributed by atoms with E-state index in [-0.39, 0.29) is 0 Å². The predicted octanol–water partition coefficient (Wildman–Crippen LogP) is 1.51. The van der Waals surface area contributed by atoms with Gasteiger partial charge in [0.25, 0.3) is 5.56 Å². The van der Waals surface area contributed by atoms with Gasteiger partial charge in [-0.15, -0.1) is 0 Å². The maximum Gasteiger partial charge on any atom is 0.345 e. The fraction of sp³-hybridized carbons (Fsp3) is 0. The Bertz CT molecular complexity index is 685.